The van der Waals surface area contributed by atoms with Gasteiger partial charge in [-0.3, -0.25) is 9.36 Å². The fraction of sp³-hybridized carbons (Fsp3) is 0.412. The minimum Gasteiger partial charge on any atom is -0.493 e. The fourth-order valence-corrected chi connectivity index (χ4v) is 6.05. The maximum absolute atomic E-state index is 13.6. The third kappa shape index (κ3) is 5.20. The molecule has 5 rings (SSSR count). The second kappa shape index (κ2) is 11.0. The molecule has 0 saturated carbocycles. The van der Waals surface area contributed by atoms with Crippen LogP contribution in [0.5, 0.6) is 5.75 Å². The Labute approximate surface area is 246 Å². The molecule has 0 spiro atoms. The van der Waals surface area contributed by atoms with Crippen LogP contribution in [0.2, 0.25) is 0 Å². The van der Waals surface area contributed by atoms with Crippen molar-refractivity contribution < 1.29 is 14.3 Å². The maximum atomic E-state index is 13.6. The Hall–Kier alpha value is -4.04. The summed E-state index contributed by atoms with van der Waals surface area (Å²) >= 11 is 0. The van der Waals surface area contributed by atoms with E-state index >= 15 is 0 Å². The van der Waals surface area contributed by atoms with E-state index in [0.29, 0.717) is 23.2 Å². The van der Waals surface area contributed by atoms with Gasteiger partial charge in [0.05, 0.1) is 23.2 Å². The number of nitrogens with one attached hydrogen (secondary N) is 1. The highest BCUT2D eigenvalue weighted by Crippen LogP contribution is 2.46. The zero-order chi connectivity index (χ0) is 30.5. The molecule has 1 atom stereocenters. The van der Waals surface area contributed by atoms with Gasteiger partial charge in [0, 0.05) is 22.3 Å². The summed E-state index contributed by atoms with van der Waals surface area (Å²) in [6.45, 7) is 16.1. The molecule has 1 aromatic heterocycles. The summed E-state index contributed by atoms with van der Waals surface area (Å²) in [7, 11) is 0. The van der Waals surface area contributed by atoms with Crippen molar-refractivity contribution in [2.24, 2.45) is 5.18 Å². The van der Waals surface area contributed by atoms with Crippen molar-refractivity contribution >= 4 is 16.9 Å². The number of nitrogens with zero attached hydrogens (tertiary/aromatic N) is 2. The number of aromatic amines is 1. The maximum Gasteiger partial charge on any atom is 0.326 e. The lowest BCUT2D eigenvalue weighted by molar-refractivity contribution is -0.139. The minimum absolute atomic E-state index is 0.250. The van der Waals surface area contributed by atoms with Crippen LogP contribution in [0.25, 0.3) is 33.3 Å². The molecule has 1 aliphatic rings. The van der Waals surface area contributed by atoms with E-state index in [1.54, 1.807) is 4.57 Å². The smallest absolute Gasteiger partial charge is 0.326 e. The third-order valence-corrected chi connectivity index (χ3v) is 8.01. The highest BCUT2D eigenvalue weighted by atomic mass is 16.5. The highest BCUT2D eigenvalue weighted by molar-refractivity contribution is 6.04. The number of aryl methyl sites for hydroxylation is 3. The van der Waals surface area contributed by atoms with Crippen LogP contribution in [0, 0.1) is 25.7 Å². The summed E-state index contributed by atoms with van der Waals surface area (Å²) in [6, 6.07) is 12.0. The third-order valence-electron chi connectivity index (χ3n) is 8.01. The van der Waals surface area contributed by atoms with Crippen molar-refractivity contribution in [3.8, 4) is 28.0 Å². The van der Waals surface area contributed by atoms with Crippen molar-refractivity contribution in [1.29, 1.82) is 0 Å². The predicted molar refractivity (Wildman–Crippen MR) is 166 cm³/mol. The van der Waals surface area contributed by atoms with Crippen molar-refractivity contribution in [3.63, 3.8) is 0 Å². The number of H-pyrrole nitrogens is 1. The van der Waals surface area contributed by atoms with Gasteiger partial charge < -0.3 is 14.5 Å². The largest absolute Gasteiger partial charge is 0.493 e. The summed E-state index contributed by atoms with van der Waals surface area (Å²) < 4.78 is 13.9. The van der Waals surface area contributed by atoms with Crippen LogP contribution in [0.1, 0.15) is 81.0 Å². The Morgan fingerprint density at radius 2 is 1.71 bits per heavy atom. The van der Waals surface area contributed by atoms with E-state index in [1.807, 2.05) is 53.7 Å². The van der Waals surface area contributed by atoms with Gasteiger partial charge in [-0.25, -0.2) is 4.79 Å². The summed E-state index contributed by atoms with van der Waals surface area (Å²) in [5.41, 5.74) is 8.09. The second-order valence-electron chi connectivity index (χ2n) is 12.5. The first-order valence-electron chi connectivity index (χ1n) is 14.5. The summed E-state index contributed by atoms with van der Waals surface area (Å²) in [4.78, 5) is 42.0. The standard InChI is InChI=1S/C34H39N3O5/c1-18(2)37-30-28(31(32(38)36-40)42-34(6,7)8)26(24-13-14-25-22(17-24)10-9-15-41-25)21(5)27(29(30)35-33(37)39)23-12-11-19(3)20(4)16-23/h11-14,16-18,31H,9-10,15H2,1-8H3,(H,35,39). The van der Waals surface area contributed by atoms with Crippen LogP contribution in [-0.2, 0) is 16.0 Å². The van der Waals surface area contributed by atoms with Gasteiger partial charge in [0.15, 0.2) is 6.10 Å². The SMILES string of the molecule is Cc1ccc(-c2c(C)c(-c3ccc4c(c3)CCCO4)c(C(OC(C)(C)C)C(=O)N=O)c3c2[nH]c(=O)n3C(C)C)cc1C. The summed E-state index contributed by atoms with van der Waals surface area (Å²) in [6.07, 6.45) is 0.435. The van der Waals surface area contributed by atoms with Crippen LogP contribution >= 0.6 is 0 Å². The number of ether oxygens (including phenoxy) is 2. The van der Waals surface area contributed by atoms with Crippen molar-refractivity contribution in [1.82, 2.24) is 9.55 Å². The number of fused-ring (bicyclic) bond motifs is 2. The molecular formula is C34H39N3O5. The van der Waals surface area contributed by atoms with Crippen LogP contribution < -0.4 is 10.4 Å². The zero-order valence-electron chi connectivity index (χ0n) is 25.7. The van der Waals surface area contributed by atoms with E-state index in [0.717, 1.165) is 63.1 Å². The summed E-state index contributed by atoms with van der Waals surface area (Å²) in [5, 5.41) is 2.84. The van der Waals surface area contributed by atoms with Gasteiger partial charge in [-0.2, -0.15) is 0 Å². The number of amides is 1. The van der Waals surface area contributed by atoms with Gasteiger partial charge in [-0.05, 0) is 119 Å². The lowest BCUT2D eigenvalue weighted by Gasteiger charge is -2.30. The number of hydrogen-bond acceptors (Lipinski definition) is 5. The minimum atomic E-state index is -1.33. The monoisotopic (exact) mass is 569 g/mol. The molecule has 0 saturated heterocycles. The van der Waals surface area contributed by atoms with E-state index in [2.05, 4.69) is 48.3 Å². The second-order valence-corrected chi connectivity index (χ2v) is 12.5. The van der Waals surface area contributed by atoms with Gasteiger partial charge in [-0.1, -0.05) is 24.3 Å². The van der Waals surface area contributed by atoms with E-state index in [4.69, 9.17) is 9.47 Å². The Morgan fingerprint density at radius 3 is 2.36 bits per heavy atom. The molecule has 0 bridgehead atoms. The Bertz CT molecular complexity index is 1770. The number of nitroso groups, excluding NO2 is 1. The molecular weight excluding hydrogens is 530 g/mol. The topological polar surface area (TPSA) is 103 Å². The lowest BCUT2D eigenvalue weighted by Crippen LogP contribution is -2.28. The van der Waals surface area contributed by atoms with Crippen LogP contribution in [-0.4, -0.2) is 27.7 Å². The first-order chi connectivity index (χ1) is 19.8. The lowest BCUT2D eigenvalue weighted by atomic mass is 9.83. The first-order valence-corrected chi connectivity index (χ1v) is 14.5. The number of aromatic nitrogens is 2. The number of hydrogen-bond donors (Lipinski definition) is 1. The molecule has 0 radical (unpaired) electrons. The fourth-order valence-electron chi connectivity index (χ4n) is 6.05. The number of carbonyl (C=O) groups is 1. The predicted octanol–water partition coefficient (Wildman–Crippen LogP) is 7.64. The number of rotatable bonds is 6. The van der Waals surface area contributed by atoms with Gasteiger partial charge >= 0.3 is 11.6 Å². The molecule has 1 amide bonds. The zero-order valence-corrected chi connectivity index (χ0v) is 25.7. The molecule has 42 heavy (non-hydrogen) atoms. The Balaban J connectivity index is 2.01. The average Bonchev–Trinajstić information content (AvgIpc) is 3.28. The van der Waals surface area contributed by atoms with E-state index in [-0.39, 0.29) is 11.7 Å². The molecule has 1 unspecified atom stereocenters. The number of imidazole rings is 1. The van der Waals surface area contributed by atoms with Crippen molar-refractivity contribution in [2.45, 2.75) is 86.0 Å². The van der Waals surface area contributed by atoms with Crippen molar-refractivity contribution in [3.05, 3.63) is 79.6 Å². The molecule has 220 valence electrons. The molecule has 1 N–H and O–H groups in total. The highest BCUT2D eigenvalue weighted by Gasteiger charge is 2.36. The van der Waals surface area contributed by atoms with Crippen LogP contribution in [0.3, 0.4) is 0 Å². The van der Waals surface area contributed by atoms with E-state index in [1.165, 1.54) is 0 Å². The Kier molecular flexibility index (Phi) is 7.70. The average molecular weight is 570 g/mol. The molecule has 0 fully saturated rings. The van der Waals surface area contributed by atoms with E-state index < -0.39 is 17.6 Å². The van der Waals surface area contributed by atoms with Crippen LogP contribution in [0.4, 0.5) is 0 Å². The van der Waals surface area contributed by atoms with Crippen molar-refractivity contribution in [2.75, 3.05) is 6.61 Å². The molecule has 1 aliphatic heterocycles. The first kappa shape index (κ1) is 29.5. The normalized spacial score (nSPS) is 14.1. The molecule has 8 heteroatoms. The van der Waals surface area contributed by atoms with Crippen LogP contribution in [0.15, 0.2) is 46.4 Å². The number of benzene rings is 3. The number of carbonyl (C=O) groups excluding carboxylic acids is 1. The van der Waals surface area contributed by atoms with E-state index in [9.17, 15) is 14.5 Å². The van der Waals surface area contributed by atoms with Gasteiger partial charge in [0.1, 0.15) is 5.75 Å². The molecule has 0 aliphatic carbocycles. The quantitative estimate of drug-likeness (QED) is 0.240. The molecule has 4 aromatic rings. The molecule has 3 aromatic carbocycles. The van der Waals surface area contributed by atoms with Gasteiger partial charge in [-0.15, -0.1) is 4.91 Å². The van der Waals surface area contributed by atoms with Gasteiger partial charge in [0.2, 0.25) is 0 Å². The van der Waals surface area contributed by atoms with Gasteiger partial charge in [0.25, 0.3) is 0 Å². The Morgan fingerprint density at radius 1 is 1.02 bits per heavy atom. The molecule has 8 nitrogen and oxygen atoms in total. The molecule has 2 heterocycles. The summed E-state index contributed by atoms with van der Waals surface area (Å²) in [5.74, 6) is -0.107.